The number of nitrogens with zero attached hydrogens (tertiary/aromatic N) is 4. The smallest absolute Gasteiger partial charge is 0.332 e. The molecule has 9 heteroatoms. The van der Waals surface area contributed by atoms with Crippen LogP contribution in [-0.2, 0) is 16.0 Å². The molecular formula is C27H30N4O5. The topological polar surface area (TPSA) is 92.3 Å². The summed E-state index contributed by atoms with van der Waals surface area (Å²) in [7, 11) is 2.98. The number of barbiturate groups is 1. The molecule has 188 valence electrons. The number of imide groups is 2. The Labute approximate surface area is 209 Å². The maximum atomic E-state index is 14.1. The molecule has 0 N–H and O–H groups in total. The largest absolute Gasteiger partial charge is 0.454 e. The lowest BCUT2D eigenvalue weighted by molar-refractivity contribution is -0.161. The van der Waals surface area contributed by atoms with Gasteiger partial charge in [0.25, 0.3) is 0 Å². The van der Waals surface area contributed by atoms with Gasteiger partial charge in [-0.2, -0.15) is 0 Å². The maximum absolute atomic E-state index is 14.1. The minimum absolute atomic E-state index is 0.0492. The standard InChI is InChI=1S/C27H30N4O5/c1-25(2)10-16-11-26(3,12-25)21-27(22(32)29(4)24(34)30(5)23(27)33)9-15-6-14-7-18-19(36-13-35-18)8-17(14)28-20(15)31(16)21/h6-8,16,21H,9-13H2,1-5H3/t16-,21+,26-/m1/s1. The van der Waals surface area contributed by atoms with Gasteiger partial charge in [-0.1, -0.05) is 20.8 Å². The quantitative estimate of drug-likeness (QED) is 0.523. The van der Waals surface area contributed by atoms with Gasteiger partial charge in [0.1, 0.15) is 5.82 Å². The van der Waals surface area contributed by atoms with Crippen molar-refractivity contribution in [3.05, 3.63) is 23.8 Å². The van der Waals surface area contributed by atoms with Crippen LogP contribution in [0, 0.1) is 16.2 Å². The van der Waals surface area contributed by atoms with E-state index < -0.39 is 23.3 Å². The summed E-state index contributed by atoms with van der Waals surface area (Å²) in [6, 6.07) is 5.02. The fourth-order valence-electron chi connectivity index (χ4n) is 8.39. The average Bonchev–Trinajstić information content (AvgIpc) is 3.36. The van der Waals surface area contributed by atoms with Crippen LogP contribution >= 0.6 is 0 Å². The van der Waals surface area contributed by atoms with E-state index in [1.165, 1.54) is 14.1 Å². The van der Waals surface area contributed by atoms with E-state index in [-0.39, 0.29) is 36.1 Å². The molecule has 0 unspecified atom stereocenters. The van der Waals surface area contributed by atoms with Crippen molar-refractivity contribution in [2.75, 3.05) is 25.8 Å². The summed E-state index contributed by atoms with van der Waals surface area (Å²) in [5, 5.41) is 0.869. The molecule has 2 bridgehead atoms. The molecule has 4 amide bonds. The maximum Gasteiger partial charge on any atom is 0.332 e. The van der Waals surface area contributed by atoms with Crippen LogP contribution in [0.15, 0.2) is 18.2 Å². The number of urea groups is 1. The van der Waals surface area contributed by atoms with Gasteiger partial charge in [-0.3, -0.25) is 19.4 Å². The van der Waals surface area contributed by atoms with Gasteiger partial charge >= 0.3 is 6.03 Å². The molecule has 2 saturated heterocycles. The van der Waals surface area contributed by atoms with Gasteiger partial charge in [-0.05, 0) is 47.8 Å². The molecule has 4 aliphatic heterocycles. The molecule has 1 saturated carbocycles. The van der Waals surface area contributed by atoms with E-state index in [0.717, 1.165) is 51.3 Å². The van der Waals surface area contributed by atoms with E-state index in [1.54, 1.807) is 0 Å². The molecule has 1 aliphatic carbocycles. The number of benzene rings is 1. The van der Waals surface area contributed by atoms with Crippen LogP contribution in [0.2, 0.25) is 0 Å². The zero-order valence-corrected chi connectivity index (χ0v) is 21.3. The van der Waals surface area contributed by atoms with Crippen molar-refractivity contribution in [3.63, 3.8) is 0 Å². The van der Waals surface area contributed by atoms with E-state index in [1.807, 2.05) is 18.2 Å². The SMILES string of the molecule is CN1C(=O)N(C)C(=O)C2(Cc3cc4cc5c(cc4nc3N3[C@@H]4CC(C)(C)C[C@@](C)(C4)[C@H]32)OCO5)C1=O. The van der Waals surface area contributed by atoms with Crippen molar-refractivity contribution >= 4 is 34.6 Å². The predicted molar refractivity (Wildman–Crippen MR) is 131 cm³/mol. The monoisotopic (exact) mass is 490 g/mol. The molecular weight excluding hydrogens is 460 g/mol. The summed E-state index contributed by atoms with van der Waals surface area (Å²) in [5.41, 5.74) is 0.0186. The van der Waals surface area contributed by atoms with Gasteiger partial charge in [-0.15, -0.1) is 0 Å². The summed E-state index contributed by atoms with van der Waals surface area (Å²) < 4.78 is 11.2. The number of hydrogen-bond acceptors (Lipinski definition) is 7. The highest BCUT2D eigenvalue weighted by atomic mass is 16.7. The van der Waals surface area contributed by atoms with E-state index >= 15 is 0 Å². The normalized spacial score (nSPS) is 31.4. The van der Waals surface area contributed by atoms with Crippen molar-refractivity contribution < 1.29 is 23.9 Å². The molecule has 7 rings (SSSR count). The zero-order chi connectivity index (χ0) is 25.4. The molecule has 1 aromatic heterocycles. The molecule has 2 aromatic rings. The fraction of sp³-hybridized carbons (Fsp3) is 0.556. The van der Waals surface area contributed by atoms with Crippen LogP contribution < -0.4 is 14.4 Å². The van der Waals surface area contributed by atoms with Crippen molar-refractivity contribution in [1.29, 1.82) is 0 Å². The molecule has 9 nitrogen and oxygen atoms in total. The zero-order valence-electron chi connectivity index (χ0n) is 21.3. The third-order valence-electron chi connectivity index (χ3n) is 9.20. The first-order valence-corrected chi connectivity index (χ1v) is 12.6. The van der Waals surface area contributed by atoms with Crippen LogP contribution in [0.5, 0.6) is 11.5 Å². The molecule has 3 atom stereocenters. The first-order valence-electron chi connectivity index (χ1n) is 12.6. The molecule has 5 aliphatic rings. The number of rotatable bonds is 0. The summed E-state index contributed by atoms with van der Waals surface area (Å²) in [4.78, 5) is 50.6. The molecule has 36 heavy (non-hydrogen) atoms. The Balaban J connectivity index is 1.51. The second-order valence-corrected chi connectivity index (χ2v) is 12.4. The van der Waals surface area contributed by atoms with E-state index in [9.17, 15) is 14.4 Å². The van der Waals surface area contributed by atoms with Crippen LogP contribution in [0.25, 0.3) is 10.9 Å². The van der Waals surface area contributed by atoms with Gasteiger partial charge < -0.3 is 14.4 Å². The Hall–Kier alpha value is -3.36. The first kappa shape index (κ1) is 21.9. The molecule has 1 aromatic carbocycles. The fourth-order valence-corrected chi connectivity index (χ4v) is 8.39. The highest BCUT2D eigenvalue weighted by Crippen LogP contribution is 2.64. The molecule has 0 radical (unpaired) electrons. The summed E-state index contributed by atoms with van der Waals surface area (Å²) in [6.07, 6.45) is 2.93. The van der Waals surface area contributed by atoms with Crippen LogP contribution in [0.1, 0.15) is 45.6 Å². The molecule has 1 spiro atoms. The number of anilines is 1. The van der Waals surface area contributed by atoms with Crippen LogP contribution in [-0.4, -0.2) is 65.6 Å². The average molecular weight is 491 g/mol. The summed E-state index contributed by atoms with van der Waals surface area (Å²) >= 11 is 0. The third-order valence-corrected chi connectivity index (χ3v) is 9.20. The number of amides is 4. The van der Waals surface area contributed by atoms with Gasteiger partial charge in [0.05, 0.1) is 11.6 Å². The number of carbonyl (C=O) groups is 3. The van der Waals surface area contributed by atoms with E-state index in [0.29, 0.717) is 11.5 Å². The van der Waals surface area contributed by atoms with Gasteiger partial charge in [0, 0.05) is 38.0 Å². The molecule has 3 fully saturated rings. The predicted octanol–water partition coefficient (Wildman–Crippen LogP) is 3.33. The van der Waals surface area contributed by atoms with E-state index in [4.69, 9.17) is 14.5 Å². The number of ether oxygens (including phenoxy) is 2. The molecule has 5 heterocycles. The van der Waals surface area contributed by atoms with Crippen molar-refractivity contribution in [3.8, 4) is 11.5 Å². The number of fused-ring (bicyclic) bond motifs is 10. The number of pyridine rings is 1. The Bertz CT molecular complexity index is 1380. The Morgan fingerprint density at radius 1 is 0.944 bits per heavy atom. The lowest BCUT2D eigenvalue weighted by atomic mass is 9.56. The Morgan fingerprint density at radius 2 is 1.61 bits per heavy atom. The van der Waals surface area contributed by atoms with Gasteiger partial charge in [0.15, 0.2) is 16.9 Å². The number of aromatic nitrogens is 1. The van der Waals surface area contributed by atoms with E-state index in [2.05, 4.69) is 25.7 Å². The third kappa shape index (κ3) is 2.51. The second-order valence-electron chi connectivity index (χ2n) is 12.4. The summed E-state index contributed by atoms with van der Waals surface area (Å²) in [6.45, 7) is 6.93. The minimum atomic E-state index is -1.39. The van der Waals surface area contributed by atoms with Gasteiger partial charge in [0.2, 0.25) is 18.6 Å². The Kier molecular flexibility index (Phi) is 3.95. The highest BCUT2D eigenvalue weighted by Gasteiger charge is 2.72. The lowest BCUT2D eigenvalue weighted by Crippen LogP contribution is -2.72. The lowest BCUT2D eigenvalue weighted by Gasteiger charge is -2.54. The van der Waals surface area contributed by atoms with Crippen LogP contribution in [0.4, 0.5) is 10.6 Å². The first-order chi connectivity index (χ1) is 16.9. The van der Waals surface area contributed by atoms with Crippen molar-refractivity contribution in [2.24, 2.45) is 16.2 Å². The number of hydrogen-bond donors (Lipinski definition) is 0. The van der Waals surface area contributed by atoms with Crippen molar-refractivity contribution in [2.45, 2.75) is 58.5 Å². The highest BCUT2D eigenvalue weighted by molar-refractivity contribution is 6.20. The Morgan fingerprint density at radius 3 is 2.31 bits per heavy atom. The van der Waals surface area contributed by atoms with Gasteiger partial charge in [-0.25, -0.2) is 9.78 Å². The van der Waals surface area contributed by atoms with Crippen molar-refractivity contribution in [1.82, 2.24) is 14.8 Å². The van der Waals surface area contributed by atoms with Crippen LogP contribution in [0.3, 0.4) is 0 Å². The summed E-state index contributed by atoms with van der Waals surface area (Å²) in [5.74, 6) is 1.36. The second kappa shape index (κ2) is 6.49. The number of carbonyl (C=O) groups excluding carboxylic acids is 3. The minimum Gasteiger partial charge on any atom is -0.454 e.